The van der Waals surface area contributed by atoms with E-state index in [4.69, 9.17) is 38.4 Å². The van der Waals surface area contributed by atoms with Crippen molar-refractivity contribution in [1.29, 1.82) is 0 Å². The van der Waals surface area contributed by atoms with Gasteiger partial charge in [-0.3, -0.25) is 14.3 Å². The molecule has 4 heterocycles. The average Bonchev–Trinajstić information content (AvgIpc) is 3.61. The molecule has 2 N–H and O–H groups in total. The molecule has 0 spiro atoms. The van der Waals surface area contributed by atoms with Gasteiger partial charge in [-0.05, 0) is 36.8 Å². The van der Waals surface area contributed by atoms with E-state index in [1.807, 2.05) is 6.07 Å². The van der Waals surface area contributed by atoms with E-state index in [2.05, 4.69) is 5.10 Å². The second kappa shape index (κ2) is 11.4. The number of morpholine rings is 1. The van der Waals surface area contributed by atoms with E-state index in [1.54, 1.807) is 49.2 Å². The van der Waals surface area contributed by atoms with E-state index in [9.17, 15) is 14.4 Å². The Morgan fingerprint density at radius 1 is 1.15 bits per heavy atom. The van der Waals surface area contributed by atoms with Gasteiger partial charge in [-0.25, -0.2) is 4.79 Å². The van der Waals surface area contributed by atoms with Gasteiger partial charge in [-0.1, -0.05) is 35.3 Å². The highest BCUT2D eigenvalue weighted by molar-refractivity contribution is 7.18. The predicted molar refractivity (Wildman–Crippen MR) is 151 cm³/mol. The molecule has 212 valence electrons. The number of ketones is 1. The van der Waals surface area contributed by atoms with Gasteiger partial charge in [0.05, 0.1) is 47.2 Å². The highest BCUT2D eigenvalue weighted by Crippen LogP contribution is 2.54. The van der Waals surface area contributed by atoms with Crippen molar-refractivity contribution in [1.82, 2.24) is 19.6 Å². The fourth-order valence-electron chi connectivity index (χ4n) is 5.84. The normalized spacial score (nSPS) is 22.9. The maximum absolute atomic E-state index is 14.5. The molecule has 0 radical (unpaired) electrons. The number of likely N-dealkylation sites (tertiary alicyclic amines) is 1. The van der Waals surface area contributed by atoms with Gasteiger partial charge in [0.25, 0.3) is 0 Å². The van der Waals surface area contributed by atoms with Crippen LogP contribution in [0.15, 0.2) is 36.4 Å². The van der Waals surface area contributed by atoms with Crippen LogP contribution in [-0.2, 0) is 16.6 Å². The lowest BCUT2D eigenvalue weighted by molar-refractivity contribution is -0.122. The van der Waals surface area contributed by atoms with E-state index in [1.165, 1.54) is 16.7 Å². The standard InChI is InChI=1S/C27H29Cl2N5O5S/c1-14-19(25(29)32(2)31-14)22-21(24(35)17-7-8-18(28)40-17)20(15-5-4-6-16(13-15)38-3)23(26(30)36)34(22)27(37)33-9-11-39-12-10-33/h4-8,13,20-23H,9-12H2,1-3H3,(H2,30,36). The van der Waals surface area contributed by atoms with Crippen LogP contribution in [0.25, 0.3) is 0 Å². The number of halogens is 2. The molecule has 1 aromatic carbocycles. The number of amides is 3. The number of ether oxygens (including phenoxy) is 2. The lowest BCUT2D eigenvalue weighted by atomic mass is 9.77. The molecule has 2 aliphatic heterocycles. The molecule has 2 aliphatic rings. The molecule has 0 aliphatic carbocycles. The molecule has 2 saturated heterocycles. The summed E-state index contributed by atoms with van der Waals surface area (Å²) in [4.78, 5) is 45.6. The molecular weight excluding hydrogens is 577 g/mol. The number of nitrogens with two attached hydrogens (primary N) is 1. The van der Waals surface area contributed by atoms with Crippen molar-refractivity contribution in [3.63, 3.8) is 0 Å². The summed E-state index contributed by atoms with van der Waals surface area (Å²) in [6.07, 6.45) is 0. The summed E-state index contributed by atoms with van der Waals surface area (Å²) in [5.74, 6) is -2.23. The summed E-state index contributed by atoms with van der Waals surface area (Å²) >= 11 is 14.2. The number of methoxy groups -OCH3 is 1. The first-order valence-electron chi connectivity index (χ1n) is 12.7. The molecular formula is C27H29Cl2N5O5S. The Morgan fingerprint density at radius 3 is 2.45 bits per heavy atom. The molecule has 3 amide bonds. The SMILES string of the molecule is COc1cccc(C2C(C(=O)c3ccc(Cl)s3)C(c3c(C)nn(C)c3Cl)N(C(=O)N3CCOCC3)C2C(N)=O)c1. The van der Waals surface area contributed by atoms with Crippen LogP contribution < -0.4 is 10.5 Å². The Bertz CT molecular complexity index is 1450. The smallest absolute Gasteiger partial charge is 0.321 e. The van der Waals surface area contributed by atoms with Gasteiger partial charge in [-0.15, -0.1) is 11.3 Å². The third kappa shape index (κ3) is 4.96. The first-order valence-corrected chi connectivity index (χ1v) is 14.3. The maximum atomic E-state index is 14.5. The molecule has 2 fully saturated rings. The quantitative estimate of drug-likeness (QED) is 0.423. The van der Waals surface area contributed by atoms with Gasteiger partial charge in [0.2, 0.25) is 5.91 Å². The molecule has 0 saturated carbocycles. The van der Waals surface area contributed by atoms with Crippen LogP contribution in [0.3, 0.4) is 0 Å². The van der Waals surface area contributed by atoms with E-state index in [-0.39, 0.29) is 10.9 Å². The number of hydrogen-bond donors (Lipinski definition) is 1. The van der Waals surface area contributed by atoms with Gasteiger partial charge in [0.15, 0.2) is 5.78 Å². The van der Waals surface area contributed by atoms with Crippen molar-refractivity contribution in [3.8, 4) is 5.75 Å². The van der Waals surface area contributed by atoms with Gasteiger partial charge in [-0.2, -0.15) is 5.10 Å². The van der Waals surface area contributed by atoms with E-state index < -0.39 is 35.9 Å². The largest absolute Gasteiger partial charge is 0.497 e. The first kappa shape index (κ1) is 28.4. The van der Waals surface area contributed by atoms with Crippen LogP contribution in [-0.4, -0.2) is 76.8 Å². The van der Waals surface area contributed by atoms with Crippen molar-refractivity contribution in [2.45, 2.75) is 24.9 Å². The molecule has 13 heteroatoms. The van der Waals surface area contributed by atoms with Gasteiger partial charge in [0, 0.05) is 31.6 Å². The number of hydrogen-bond acceptors (Lipinski definition) is 7. The fourth-order valence-corrected chi connectivity index (χ4v) is 7.16. The molecule has 5 rings (SSSR count). The highest BCUT2D eigenvalue weighted by Gasteiger charge is 2.59. The third-order valence-electron chi connectivity index (χ3n) is 7.55. The Morgan fingerprint density at radius 2 is 1.88 bits per heavy atom. The van der Waals surface area contributed by atoms with Crippen LogP contribution >= 0.6 is 34.5 Å². The minimum absolute atomic E-state index is 0.263. The third-order valence-corrected chi connectivity index (χ3v) is 9.24. The zero-order valence-electron chi connectivity index (χ0n) is 22.2. The maximum Gasteiger partial charge on any atom is 0.321 e. The lowest BCUT2D eigenvalue weighted by Crippen LogP contribution is -2.54. The van der Waals surface area contributed by atoms with Crippen molar-refractivity contribution in [2.75, 3.05) is 33.4 Å². The number of rotatable bonds is 6. The number of benzene rings is 1. The molecule has 3 aromatic rings. The number of primary amides is 1. The molecule has 2 aromatic heterocycles. The zero-order valence-corrected chi connectivity index (χ0v) is 24.5. The number of aryl methyl sites for hydroxylation is 2. The summed E-state index contributed by atoms with van der Waals surface area (Å²) in [5.41, 5.74) is 7.74. The van der Waals surface area contributed by atoms with Gasteiger partial charge >= 0.3 is 6.03 Å². The number of Topliss-reactive ketones (excluding diaryl/α,β-unsaturated/α-hetero) is 1. The predicted octanol–water partition coefficient (Wildman–Crippen LogP) is 4.05. The number of aromatic nitrogens is 2. The topological polar surface area (TPSA) is 120 Å². The second-order valence-corrected chi connectivity index (χ2v) is 11.9. The van der Waals surface area contributed by atoms with Crippen LogP contribution in [0.5, 0.6) is 5.75 Å². The van der Waals surface area contributed by atoms with E-state index in [0.717, 1.165) is 11.3 Å². The Balaban J connectivity index is 1.78. The molecule has 10 nitrogen and oxygen atoms in total. The number of nitrogens with zero attached hydrogens (tertiary/aromatic N) is 4. The Kier molecular flexibility index (Phi) is 8.10. The zero-order chi connectivity index (χ0) is 28.7. The first-order chi connectivity index (χ1) is 19.1. The van der Waals surface area contributed by atoms with Crippen molar-refractivity contribution >= 4 is 52.3 Å². The number of carbonyl (C=O) groups is 3. The van der Waals surface area contributed by atoms with Gasteiger partial charge < -0.3 is 25.0 Å². The molecule has 4 unspecified atom stereocenters. The van der Waals surface area contributed by atoms with Crippen molar-refractivity contribution in [3.05, 3.63) is 67.6 Å². The lowest BCUT2D eigenvalue weighted by Gasteiger charge is -2.37. The minimum atomic E-state index is -1.17. The summed E-state index contributed by atoms with van der Waals surface area (Å²) < 4.78 is 12.9. The van der Waals surface area contributed by atoms with E-state index >= 15 is 0 Å². The second-order valence-electron chi connectivity index (χ2n) is 9.79. The van der Waals surface area contributed by atoms with E-state index in [0.29, 0.717) is 58.1 Å². The summed E-state index contributed by atoms with van der Waals surface area (Å²) in [7, 11) is 3.22. The number of thiophene rings is 1. The van der Waals surface area contributed by atoms with Crippen LogP contribution in [0.1, 0.15) is 38.5 Å². The van der Waals surface area contributed by atoms with Crippen molar-refractivity contribution < 1.29 is 23.9 Å². The Hall–Kier alpha value is -3.12. The number of urea groups is 1. The fraction of sp³-hybridized carbons (Fsp3) is 0.407. The van der Waals surface area contributed by atoms with Crippen LogP contribution in [0.4, 0.5) is 4.79 Å². The summed E-state index contributed by atoms with van der Waals surface area (Å²) in [6, 6.07) is 7.87. The van der Waals surface area contributed by atoms with Gasteiger partial charge in [0.1, 0.15) is 16.9 Å². The van der Waals surface area contributed by atoms with Crippen LogP contribution in [0, 0.1) is 12.8 Å². The number of carbonyl (C=O) groups excluding carboxylic acids is 3. The average molecular weight is 607 g/mol. The summed E-state index contributed by atoms with van der Waals surface area (Å²) in [6.45, 7) is 3.13. The summed E-state index contributed by atoms with van der Waals surface area (Å²) in [5, 5.41) is 4.74. The van der Waals surface area contributed by atoms with Crippen molar-refractivity contribution in [2.24, 2.45) is 18.7 Å². The van der Waals surface area contributed by atoms with Crippen LogP contribution in [0.2, 0.25) is 9.49 Å². The highest BCUT2D eigenvalue weighted by atomic mass is 35.5. The Labute approximate surface area is 245 Å². The molecule has 0 bridgehead atoms. The molecule has 4 atom stereocenters. The minimum Gasteiger partial charge on any atom is -0.497 e. The molecule has 40 heavy (non-hydrogen) atoms. The monoisotopic (exact) mass is 605 g/mol.